The highest BCUT2D eigenvalue weighted by atomic mass is 32.1. The van der Waals surface area contributed by atoms with E-state index in [9.17, 15) is 14.0 Å². The minimum absolute atomic E-state index is 0.147. The number of hydrogen-bond acceptors (Lipinski definition) is 5. The number of thiol groups is 1. The van der Waals surface area contributed by atoms with Gasteiger partial charge in [-0.15, -0.1) is 12.6 Å². The molecule has 0 bridgehead atoms. The van der Waals surface area contributed by atoms with Gasteiger partial charge in [0.2, 0.25) is 11.8 Å². The Hall–Kier alpha value is -3.98. The molecule has 1 aromatic heterocycles. The van der Waals surface area contributed by atoms with E-state index >= 15 is 0 Å². The molecule has 0 aliphatic heterocycles. The summed E-state index contributed by atoms with van der Waals surface area (Å²) in [6, 6.07) is 17.4. The lowest BCUT2D eigenvalue weighted by Gasteiger charge is -2.32. The largest absolute Gasteiger partial charge is 0.497 e. The fourth-order valence-electron chi connectivity index (χ4n) is 4.42. The van der Waals surface area contributed by atoms with Crippen LogP contribution in [0.5, 0.6) is 11.5 Å². The summed E-state index contributed by atoms with van der Waals surface area (Å²) in [6.07, 6.45) is 0. The van der Waals surface area contributed by atoms with Crippen LogP contribution in [-0.2, 0) is 23.2 Å². The molecule has 9 heteroatoms. The van der Waals surface area contributed by atoms with E-state index in [1.807, 2.05) is 35.9 Å². The molecule has 1 N–H and O–H groups in total. The van der Waals surface area contributed by atoms with Crippen molar-refractivity contribution < 1.29 is 23.5 Å². The van der Waals surface area contributed by atoms with Gasteiger partial charge in [-0.2, -0.15) is 0 Å². The first kappa shape index (κ1) is 26.1. The number of hydrogen-bond donors (Lipinski definition) is 2. The molecule has 1 unspecified atom stereocenters. The molecule has 1 heterocycles. The van der Waals surface area contributed by atoms with E-state index in [-0.39, 0.29) is 18.3 Å². The first-order valence-corrected chi connectivity index (χ1v) is 12.0. The quantitative estimate of drug-likeness (QED) is 0.319. The van der Waals surface area contributed by atoms with E-state index < -0.39 is 11.9 Å². The van der Waals surface area contributed by atoms with Gasteiger partial charge >= 0.3 is 0 Å². The number of anilines is 1. The second-order valence-electron chi connectivity index (χ2n) is 8.49. The topological polar surface area (TPSA) is 72.8 Å². The summed E-state index contributed by atoms with van der Waals surface area (Å²) in [7, 11) is 4.88. The number of methoxy groups -OCH3 is 2. The number of benzene rings is 3. The van der Waals surface area contributed by atoms with Crippen molar-refractivity contribution in [2.75, 3.05) is 19.1 Å². The Labute approximate surface area is 220 Å². The number of nitrogens with zero attached hydrogens (tertiary/aromatic N) is 2. The number of amides is 2. The third kappa shape index (κ3) is 5.13. The molecule has 0 saturated carbocycles. The highest BCUT2D eigenvalue weighted by Crippen LogP contribution is 2.41. The van der Waals surface area contributed by atoms with Gasteiger partial charge in [0.1, 0.15) is 23.4 Å². The highest BCUT2D eigenvalue weighted by Gasteiger charge is 2.36. The van der Waals surface area contributed by atoms with Crippen LogP contribution in [0, 0.1) is 5.82 Å². The average Bonchev–Trinajstić information content (AvgIpc) is 3.15. The maximum atomic E-state index is 13.9. The van der Waals surface area contributed by atoms with Crippen LogP contribution in [0.2, 0.25) is 0 Å². The number of para-hydroxylation sites is 1. The van der Waals surface area contributed by atoms with Gasteiger partial charge in [-0.1, -0.05) is 30.3 Å². The summed E-state index contributed by atoms with van der Waals surface area (Å²) in [4.78, 5) is 28.6. The van der Waals surface area contributed by atoms with Crippen LogP contribution in [0.1, 0.15) is 24.1 Å². The maximum absolute atomic E-state index is 13.9. The molecule has 4 rings (SSSR count). The van der Waals surface area contributed by atoms with Gasteiger partial charge in [0.25, 0.3) is 0 Å². The summed E-state index contributed by atoms with van der Waals surface area (Å²) in [5.74, 6) is -0.249. The van der Waals surface area contributed by atoms with E-state index in [0.29, 0.717) is 33.3 Å². The molecule has 2 amide bonds. The molecule has 0 radical (unpaired) electrons. The summed E-state index contributed by atoms with van der Waals surface area (Å²) >= 11 is 4.76. The lowest BCUT2D eigenvalue weighted by atomic mass is 10.0. The Bertz CT molecular complexity index is 1450. The van der Waals surface area contributed by atoms with Gasteiger partial charge in [-0.05, 0) is 35.9 Å². The molecule has 4 aromatic rings. The Morgan fingerprint density at radius 3 is 2.41 bits per heavy atom. The van der Waals surface area contributed by atoms with Gasteiger partial charge in [0.05, 0.1) is 24.9 Å². The smallest absolute Gasteiger partial charge is 0.248 e. The number of carbonyl (C=O) groups excluding carboxylic acids is 2. The van der Waals surface area contributed by atoms with Crippen molar-refractivity contribution >= 4 is 41.0 Å². The van der Waals surface area contributed by atoms with E-state index in [1.54, 1.807) is 30.3 Å². The molecular formula is C28H28FN3O4S. The molecule has 0 saturated heterocycles. The Kier molecular flexibility index (Phi) is 7.73. The fourth-order valence-corrected chi connectivity index (χ4v) is 4.77. The number of aromatic nitrogens is 1. The number of nitrogens with one attached hydrogen (secondary N) is 1. The van der Waals surface area contributed by atoms with Gasteiger partial charge < -0.3 is 19.4 Å². The number of fused-ring (bicyclic) bond motifs is 1. The van der Waals surface area contributed by atoms with Crippen LogP contribution in [-0.4, -0.2) is 30.6 Å². The third-order valence-corrected chi connectivity index (χ3v) is 6.80. The molecule has 1 atom stereocenters. The van der Waals surface area contributed by atoms with E-state index in [4.69, 9.17) is 22.1 Å². The number of carbonyl (C=O) groups is 2. The number of ether oxygens (including phenoxy) is 2. The number of aryl methyl sites for hydroxylation is 1. The molecule has 0 spiro atoms. The minimum Gasteiger partial charge on any atom is -0.497 e. The SMILES string of the molecule is COc1ccc(N(C(C)=O)C(C(=O)NCc2ccc(F)cc2)c2c(S)n(C)c3ccccc23)c(OC)c1. The highest BCUT2D eigenvalue weighted by molar-refractivity contribution is 7.80. The van der Waals surface area contributed by atoms with Crippen LogP contribution >= 0.6 is 12.6 Å². The third-order valence-electron chi connectivity index (χ3n) is 6.26. The van der Waals surface area contributed by atoms with Crippen molar-refractivity contribution in [2.24, 2.45) is 7.05 Å². The van der Waals surface area contributed by atoms with Crippen molar-refractivity contribution in [3.8, 4) is 11.5 Å². The summed E-state index contributed by atoms with van der Waals surface area (Å²) in [5, 5.41) is 4.25. The molecule has 192 valence electrons. The van der Waals surface area contributed by atoms with Crippen molar-refractivity contribution in [2.45, 2.75) is 24.5 Å². The monoisotopic (exact) mass is 521 g/mol. The second kappa shape index (κ2) is 11.0. The van der Waals surface area contributed by atoms with Crippen molar-refractivity contribution in [1.82, 2.24) is 9.88 Å². The van der Waals surface area contributed by atoms with Gasteiger partial charge in [-0.25, -0.2) is 4.39 Å². The molecule has 0 aliphatic rings. The van der Waals surface area contributed by atoms with Gasteiger partial charge in [-0.3, -0.25) is 14.5 Å². The first-order valence-electron chi connectivity index (χ1n) is 11.6. The molecule has 7 nitrogen and oxygen atoms in total. The van der Waals surface area contributed by atoms with Crippen LogP contribution in [0.15, 0.2) is 71.8 Å². The fraction of sp³-hybridized carbons (Fsp3) is 0.214. The van der Waals surface area contributed by atoms with Crippen molar-refractivity contribution in [3.05, 3.63) is 83.7 Å². The first-order chi connectivity index (χ1) is 17.8. The average molecular weight is 522 g/mol. The summed E-state index contributed by atoms with van der Waals surface area (Å²) in [6.45, 7) is 1.54. The lowest BCUT2D eigenvalue weighted by Crippen LogP contribution is -2.43. The molecule has 3 aromatic carbocycles. The summed E-state index contributed by atoms with van der Waals surface area (Å²) in [5.41, 5.74) is 2.56. The van der Waals surface area contributed by atoms with Crippen LogP contribution in [0.3, 0.4) is 0 Å². The second-order valence-corrected chi connectivity index (χ2v) is 8.91. The van der Waals surface area contributed by atoms with E-state index in [2.05, 4.69) is 5.32 Å². The Balaban J connectivity index is 1.88. The predicted molar refractivity (Wildman–Crippen MR) is 144 cm³/mol. The molecule has 0 fully saturated rings. The zero-order valence-electron chi connectivity index (χ0n) is 21.0. The van der Waals surface area contributed by atoms with Gasteiger partial charge in [0.15, 0.2) is 0 Å². The maximum Gasteiger partial charge on any atom is 0.248 e. The van der Waals surface area contributed by atoms with Crippen LogP contribution < -0.4 is 19.7 Å². The van der Waals surface area contributed by atoms with E-state index in [0.717, 1.165) is 10.9 Å². The lowest BCUT2D eigenvalue weighted by molar-refractivity contribution is -0.126. The Morgan fingerprint density at radius 1 is 1.05 bits per heavy atom. The number of halogens is 1. The normalized spacial score (nSPS) is 11.7. The number of rotatable bonds is 8. The van der Waals surface area contributed by atoms with E-state index in [1.165, 1.54) is 38.2 Å². The van der Waals surface area contributed by atoms with Crippen LogP contribution in [0.25, 0.3) is 10.9 Å². The van der Waals surface area contributed by atoms with Crippen molar-refractivity contribution in [1.29, 1.82) is 0 Å². The predicted octanol–water partition coefficient (Wildman–Crippen LogP) is 5.03. The zero-order valence-corrected chi connectivity index (χ0v) is 21.9. The standard InChI is InChI=1S/C28H28FN3O4S/c1-17(33)32(23-14-13-20(35-3)15-24(23)36-4)26(27(34)30-16-18-9-11-19(29)12-10-18)25-21-7-5-6-8-22(21)31(2)28(25)37/h5-15,26,37H,16H2,1-4H3,(H,30,34). The Morgan fingerprint density at radius 2 is 1.76 bits per heavy atom. The van der Waals surface area contributed by atoms with Crippen LogP contribution in [0.4, 0.5) is 10.1 Å². The minimum atomic E-state index is -1.08. The van der Waals surface area contributed by atoms with Crippen molar-refractivity contribution in [3.63, 3.8) is 0 Å². The molecular weight excluding hydrogens is 493 g/mol. The summed E-state index contributed by atoms with van der Waals surface area (Å²) < 4.78 is 26.1. The van der Waals surface area contributed by atoms with Gasteiger partial charge in [0, 0.05) is 43.0 Å². The zero-order chi connectivity index (χ0) is 26.7. The molecule has 37 heavy (non-hydrogen) atoms. The molecule has 0 aliphatic carbocycles.